The SMILES string of the molecule is CCc1nc2ccccc2c(C(=O)OCc2ccc(C(=O)OC)cc2)c1C. The number of hydrogen-bond donors (Lipinski definition) is 0. The number of esters is 2. The van der Waals surface area contributed by atoms with Crippen molar-refractivity contribution in [1.82, 2.24) is 4.98 Å². The number of hydrogen-bond acceptors (Lipinski definition) is 5. The van der Waals surface area contributed by atoms with Gasteiger partial charge in [0.1, 0.15) is 6.61 Å². The smallest absolute Gasteiger partial charge is 0.339 e. The average molecular weight is 363 g/mol. The van der Waals surface area contributed by atoms with E-state index in [0.29, 0.717) is 11.1 Å². The number of carbonyl (C=O) groups excluding carboxylic acids is 2. The summed E-state index contributed by atoms with van der Waals surface area (Å²) in [4.78, 5) is 28.9. The lowest BCUT2D eigenvalue weighted by molar-refractivity contribution is 0.0472. The Morgan fingerprint density at radius 2 is 1.70 bits per heavy atom. The van der Waals surface area contributed by atoms with E-state index in [1.807, 2.05) is 38.1 Å². The molecule has 0 unspecified atom stereocenters. The van der Waals surface area contributed by atoms with E-state index in [1.54, 1.807) is 24.3 Å². The first-order chi connectivity index (χ1) is 13.0. The Morgan fingerprint density at radius 1 is 1.00 bits per heavy atom. The zero-order valence-corrected chi connectivity index (χ0v) is 15.6. The second-order valence-electron chi connectivity index (χ2n) is 6.19. The van der Waals surface area contributed by atoms with Crippen LogP contribution in [0.1, 0.15) is 44.5 Å². The zero-order chi connectivity index (χ0) is 19.4. The van der Waals surface area contributed by atoms with Gasteiger partial charge in [0.2, 0.25) is 0 Å². The number of pyridine rings is 1. The molecule has 3 rings (SSSR count). The minimum Gasteiger partial charge on any atom is -0.465 e. The third-order valence-corrected chi connectivity index (χ3v) is 4.52. The Balaban J connectivity index is 1.84. The molecule has 0 atom stereocenters. The number of aryl methyl sites for hydroxylation is 1. The standard InChI is InChI=1S/C22H21NO4/c1-4-18-14(2)20(17-7-5-6-8-19(17)23-18)22(25)27-13-15-9-11-16(12-10-15)21(24)26-3/h5-12H,4,13H2,1-3H3. The average Bonchev–Trinajstić information content (AvgIpc) is 2.71. The number of para-hydroxylation sites is 1. The van der Waals surface area contributed by atoms with Crippen molar-refractivity contribution in [2.75, 3.05) is 7.11 Å². The lowest BCUT2D eigenvalue weighted by Gasteiger charge is -2.13. The van der Waals surface area contributed by atoms with Crippen LogP contribution >= 0.6 is 0 Å². The van der Waals surface area contributed by atoms with Crippen LogP contribution in [-0.2, 0) is 22.5 Å². The third kappa shape index (κ3) is 3.82. The van der Waals surface area contributed by atoms with Crippen molar-refractivity contribution < 1.29 is 19.1 Å². The van der Waals surface area contributed by atoms with Gasteiger partial charge in [0.15, 0.2) is 0 Å². The number of carbonyl (C=O) groups is 2. The van der Waals surface area contributed by atoms with Gasteiger partial charge in [-0.15, -0.1) is 0 Å². The fraction of sp³-hybridized carbons (Fsp3) is 0.227. The Morgan fingerprint density at radius 3 is 2.37 bits per heavy atom. The van der Waals surface area contributed by atoms with E-state index in [0.717, 1.165) is 34.1 Å². The van der Waals surface area contributed by atoms with Crippen molar-refractivity contribution in [3.05, 3.63) is 76.5 Å². The highest BCUT2D eigenvalue weighted by Crippen LogP contribution is 2.24. The lowest BCUT2D eigenvalue weighted by Crippen LogP contribution is -2.11. The van der Waals surface area contributed by atoms with Crippen LogP contribution < -0.4 is 0 Å². The topological polar surface area (TPSA) is 65.5 Å². The summed E-state index contributed by atoms with van der Waals surface area (Å²) in [6.07, 6.45) is 0.742. The maximum atomic E-state index is 12.8. The summed E-state index contributed by atoms with van der Waals surface area (Å²) in [5.74, 6) is -0.776. The van der Waals surface area contributed by atoms with Crippen LogP contribution in [0, 0.1) is 6.92 Å². The molecule has 0 saturated carbocycles. The van der Waals surface area contributed by atoms with Crippen molar-refractivity contribution in [2.45, 2.75) is 26.9 Å². The predicted octanol–water partition coefficient (Wildman–Crippen LogP) is 4.25. The number of ether oxygens (including phenoxy) is 2. The molecule has 138 valence electrons. The van der Waals surface area contributed by atoms with Crippen LogP contribution in [0.2, 0.25) is 0 Å². The predicted molar refractivity (Wildman–Crippen MR) is 103 cm³/mol. The Bertz CT molecular complexity index is 993. The normalized spacial score (nSPS) is 10.6. The molecule has 0 bridgehead atoms. The van der Waals surface area contributed by atoms with Crippen molar-refractivity contribution in [3.63, 3.8) is 0 Å². The van der Waals surface area contributed by atoms with Crippen LogP contribution in [0.5, 0.6) is 0 Å². The molecule has 0 fully saturated rings. The maximum absolute atomic E-state index is 12.8. The van der Waals surface area contributed by atoms with E-state index in [2.05, 4.69) is 9.72 Å². The molecule has 1 heterocycles. The Labute approximate surface area is 157 Å². The quantitative estimate of drug-likeness (QED) is 0.634. The van der Waals surface area contributed by atoms with E-state index in [1.165, 1.54) is 7.11 Å². The summed E-state index contributed by atoms with van der Waals surface area (Å²) in [6, 6.07) is 14.4. The number of benzene rings is 2. The number of fused-ring (bicyclic) bond motifs is 1. The Kier molecular flexibility index (Phi) is 5.50. The summed E-state index contributed by atoms with van der Waals surface area (Å²) < 4.78 is 10.2. The van der Waals surface area contributed by atoms with Gasteiger partial charge in [-0.2, -0.15) is 0 Å². The lowest BCUT2D eigenvalue weighted by atomic mass is 10.0. The molecule has 1 aromatic heterocycles. The largest absolute Gasteiger partial charge is 0.465 e. The summed E-state index contributed by atoms with van der Waals surface area (Å²) in [7, 11) is 1.34. The van der Waals surface area contributed by atoms with Crippen molar-refractivity contribution in [2.24, 2.45) is 0 Å². The highest BCUT2D eigenvalue weighted by Gasteiger charge is 2.18. The van der Waals surface area contributed by atoms with Crippen LogP contribution in [0.4, 0.5) is 0 Å². The van der Waals surface area contributed by atoms with E-state index in [9.17, 15) is 9.59 Å². The van der Waals surface area contributed by atoms with Crippen molar-refractivity contribution in [3.8, 4) is 0 Å². The van der Waals surface area contributed by atoms with Crippen LogP contribution in [0.3, 0.4) is 0 Å². The number of aromatic nitrogens is 1. The molecule has 0 radical (unpaired) electrons. The summed E-state index contributed by atoms with van der Waals surface area (Å²) >= 11 is 0. The summed E-state index contributed by atoms with van der Waals surface area (Å²) in [5, 5.41) is 0.790. The highest BCUT2D eigenvalue weighted by molar-refractivity contribution is 6.05. The third-order valence-electron chi connectivity index (χ3n) is 4.52. The van der Waals surface area contributed by atoms with E-state index >= 15 is 0 Å². The van der Waals surface area contributed by atoms with Crippen LogP contribution in [0.15, 0.2) is 48.5 Å². The first kappa shape index (κ1) is 18.6. The first-order valence-corrected chi connectivity index (χ1v) is 8.77. The maximum Gasteiger partial charge on any atom is 0.339 e. The first-order valence-electron chi connectivity index (χ1n) is 8.77. The highest BCUT2D eigenvalue weighted by atomic mass is 16.5. The van der Waals surface area contributed by atoms with Gasteiger partial charge in [-0.05, 0) is 42.7 Å². The summed E-state index contributed by atoms with van der Waals surface area (Å²) in [6.45, 7) is 4.04. The van der Waals surface area contributed by atoms with Crippen molar-refractivity contribution in [1.29, 1.82) is 0 Å². The zero-order valence-electron chi connectivity index (χ0n) is 15.6. The fourth-order valence-corrected chi connectivity index (χ4v) is 3.04. The molecule has 0 aliphatic carbocycles. The van der Waals surface area contributed by atoms with Crippen LogP contribution in [0.25, 0.3) is 10.9 Å². The fourth-order valence-electron chi connectivity index (χ4n) is 3.04. The molecule has 0 aliphatic heterocycles. The molecule has 5 nitrogen and oxygen atoms in total. The molecule has 5 heteroatoms. The minimum atomic E-state index is -0.399. The number of methoxy groups -OCH3 is 1. The number of rotatable bonds is 5. The molecule has 0 amide bonds. The molecule has 0 spiro atoms. The van der Waals surface area contributed by atoms with E-state index in [4.69, 9.17) is 4.74 Å². The molecule has 3 aromatic rings. The Hall–Kier alpha value is -3.21. The van der Waals surface area contributed by atoms with Gasteiger partial charge < -0.3 is 9.47 Å². The van der Waals surface area contributed by atoms with Gasteiger partial charge in [-0.25, -0.2) is 9.59 Å². The second kappa shape index (κ2) is 7.99. The van der Waals surface area contributed by atoms with Gasteiger partial charge in [0.05, 0.1) is 23.8 Å². The molecule has 0 N–H and O–H groups in total. The van der Waals surface area contributed by atoms with Gasteiger partial charge in [-0.1, -0.05) is 37.3 Å². The molecule has 27 heavy (non-hydrogen) atoms. The van der Waals surface area contributed by atoms with Crippen LogP contribution in [-0.4, -0.2) is 24.0 Å². The van der Waals surface area contributed by atoms with Gasteiger partial charge in [-0.3, -0.25) is 4.98 Å². The second-order valence-corrected chi connectivity index (χ2v) is 6.19. The molecular formula is C22H21NO4. The van der Waals surface area contributed by atoms with Gasteiger partial charge in [0.25, 0.3) is 0 Å². The molecule has 0 saturated heterocycles. The molecule has 0 aliphatic rings. The molecular weight excluding hydrogens is 342 g/mol. The van der Waals surface area contributed by atoms with Gasteiger partial charge >= 0.3 is 11.9 Å². The van der Waals surface area contributed by atoms with Gasteiger partial charge in [0, 0.05) is 11.1 Å². The van der Waals surface area contributed by atoms with E-state index in [-0.39, 0.29) is 12.6 Å². The monoisotopic (exact) mass is 363 g/mol. The minimum absolute atomic E-state index is 0.123. The summed E-state index contributed by atoms with van der Waals surface area (Å²) in [5.41, 5.74) is 4.34. The van der Waals surface area contributed by atoms with E-state index < -0.39 is 5.97 Å². The number of nitrogens with zero attached hydrogens (tertiary/aromatic N) is 1. The van der Waals surface area contributed by atoms with Crippen molar-refractivity contribution >= 4 is 22.8 Å². The molecule has 2 aromatic carbocycles.